The van der Waals surface area contributed by atoms with Gasteiger partial charge in [0.2, 0.25) is 11.8 Å². The molecule has 26 heavy (non-hydrogen) atoms. The fraction of sp³-hybridized carbons (Fsp3) is 0.471. The number of benzene rings is 1. The monoisotopic (exact) mass is 364 g/mol. The van der Waals surface area contributed by atoms with Crippen LogP contribution in [0, 0.1) is 5.82 Å². The first-order valence-electron chi connectivity index (χ1n) is 8.51. The predicted octanol–water partition coefficient (Wildman–Crippen LogP) is 0.249. The molecule has 0 radical (unpaired) electrons. The molecule has 2 aliphatic heterocycles. The molecule has 0 aliphatic carbocycles. The van der Waals surface area contributed by atoms with Crippen molar-refractivity contribution in [2.24, 2.45) is 0 Å². The Morgan fingerprint density at radius 1 is 1.27 bits per heavy atom. The zero-order chi connectivity index (χ0) is 18.7. The Kier molecular flexibility index (Phi) is 5.36. The molecule has 0 aromatic heterocycles. The number of imide groups is 1. The number of nitrogens with one attached hydrogen (secondary N) is 2. The molecule has 9 heteroatoms. The summed E-state index contributed by atoms with van der Waals surface area (Å²) in [6, 6.07) is 4.13. The third kappa shape index (κ3) is 4.29. The first-order chi connectivity index (χ1) is 12.4. The van der Waals surface area contributed by atoms with Crippen LogP contribution < -0.4 is 15.5 Å². The second kappa shape index (κ2) is 7.69. The van der Waals surface area contributed by atoms with Crippen LogP contribution in [0.15, 0.2) is 18.2 Å². The Hall–Kier alpha value is -2.68. The highest BCUT2D eigenvalue weighted by Gasteiger charge is 2.27. The van der Waals surface area contributed by atoms with Gasteiger partial charge in [-0.2, -0.15) is 0 Å². The van der Waals surface area contributed by atoms with Gasteiger partial charge < -0.3 is 15.3 Å². The number of carboxylic acids is 1. The summed E-state index contributed by atoms with van der Waals surface area (Å²) in [5.41, 5.74) is 0.930. The Labute approximate surface area is 149 Å². The minimum atomic E-state index is -0.867. The van der Waals surface area contributed by atoms with Crippen LogP contribution in [0.25, 0.3) is 0 Å². The van der Waals surface area contributed by atoms with Crippen molar-refractivity contribution in [1.29, 1.82) is 0 Å². The fourth-order valence-corrected chi connectivity index (χ4v) is 3.22. The highest BCUT2D eigenvalue weighted by atomic mass is 19.1. The van der Waals surface area contributed by atoms with E-state index in [1.807, 2.05) is 9.80 Å². The lowest BCUT2D eigenvalue weighted by Gasteiger charge is -2.35. The van der Waals surface area contributed by atoms with Crippen molar-refractivity contribution >= 4 is 29.2 Å². The molecule has 1 aromatic rings. The maximum Gasteiger partial charge on any atom is 0.317 e. The molecule has 3 rings (SSSR count). The molecule has 2 heterocycles. The second-order valence-electron chi connectivity index (χ2n) is 6.47. The molecule has 1 unspecified atom stereocenters. The van der Waals surface area contributed by atoms with E-state index in [2.05, 4.69) is 10.6 Å². The predicted molar refractivity (Wildman–Crippen MR) is 92.5 cm³/mol. The molecule has 0 saturated carbocycles. The molecule has 0 bridgehead atoms. The van der Waals surface area contributed by atoms with Crippen molar-refractivity contribution in [1.82, 2.24) is 10.2 Å². The number of amides is 2. The number of aliphatic carboxylic acids is 1. The summed E-state index contributed by atoms with van der Waals surface area (Å²) in [5.74, 6) is -1.97. The quantitative estimate of drug-likeness (QED) is 0.644. The molecule has 8 nitrogen and oxygen atoms in total. The largest absolute Gasteiger partial charge is 0.480 e. The van der Waals surface area contributed by atoms with E-state index < -0.39 is 23.7 Å². The SMILES string of the molecule is O=C(O)CN1CCN(c2ccc(NC3CCC(=O)NC3=O)cc2F)CC1. The number of anilines is 2. The molecule has 1 atom stereocenters. The minimum Gasteiger partial charge on any atom is -0.480 e. The van der Waals surface area contributed by atoms with Gasteiger partial charge in [-0.05, 0) is 24.6 Å². The van der Waals surface area contributed by atoms with E-state index in [1.165, 1.54) is 6.07 Å². The average Bonchev–Trinajstić information content (AvgIpc) is 2.58. The van der Waals surface area contributed by atoms with Gasteiger partial charge in [0.15, 0.2) is 0 Å². The van der Waals surface area contributed by atoms with E-state index in [0.717, 1.165) is 0 Å². The molecule has 2 amide bonds. The molecule has 2 saturated heterocycles. The fourth-order valence-electron chi connectivity index (χ4n) is 3.22. The Morgan fingerprint density at radius 3 is 2.62 bits per heavy atom. The van der Waals surface area contributed by atoms with E-state index >= 15 is 0 Å². The first kappa shape index (κ1) is 18.1. The van der Waals surface area contributed by atoms with Crippen molar-refractivity contribution in [2.75, 3.05) is 42.9 Å². The zero-order valence-electron chi connectivity index (χ0n) is 14.2. The van der Waals surface area contributed by atoms with E-state index in [1.54, 1.807) is 12.1 Å². The third-order valence-electron chi connectivity index (χ3n) is 4.60. The lowest BCUT2D eigenvalue weighted by atomic mass is 10.1. The first-order valence-corrected chi connectivity index (χ1v) is 8.51. The van der Waals surface area contributed by atoms with Crippen molar-refractivity contribution in [2.45, 2.75) is 18.9 Å². The topological polar surface area (TPSA) is 102 Å². The molecule has 3 N–H and O–H groups in total. The molecule has 2 fully saturated rings. The number of carbonyl (C=O) groups excluding carboxylic acids is 2. The number of piperidine rings is 1. The lowest BCUT2D eigenvalue weighted by molar-refractivity contribution is -0.138. The lowest BCUT2D eigenvalue weighted by Crippen LogP contribution is -2.48. The van der Waals surface area contributed by atoms with Crippen LogP contribution >= 0.6 is 0 Å². The highest BCUT2D eigenvalue weighted by molar-refractivity contribution is 6.01. The van der Waals surface area contributed by atoms with Crippen LogP contribution in [-0.2, 0) is 14.4 Å². The van der Waals surface area contributed by atoms with Crippen LogP contribution in [0.5, 0.6) is 0 Å². The molecule has 140 valence electrons. The van der Waals surface area contributed by atoms with Gasteiger partial charge in [0.1, 0.15) is 11.9 Å². The van der Waals surface area contributed by atoms with Gasteiger partial charge in [-0.1, -0.05) is 0 Å². The Balaban J connectivity index is 1.60. The van der Waals surface area contributed by atoms with Gasteiger partial charge in [0.25, 0.3) is 0 Å². The van der Waals surface area contributed by atoms with Gasteiger partial charge in [-0.3, -0.25) is 24.6 Å². The van der Waals surface area contributed by atoms with Crippen LogP contribution in [0.2, 0.25) is 0 Å². The summed E-state index contributed by atoms with van der Waals surface area (Å²) in [6.45, 7) is 2.20. The molecular weight excluding hydrogens is 343 g/mol. The summed E-state index contributed by atoms with van der Waals surface area (Å²) in [5, 5.41) is 14.0. The van der Waals surface area contributed by atoms with E-state index in [0.29, 0.717) is 44.0 Å². The average molecular weight is 364 g/mol. The number of carboxylic acid groups (broad SMARTS) is 1. The number of rotatable bonds is 5. The number of nitrogens with zero attached hydrogens (tertiary/aromatic N) is 2. The maximum absolute atomic E-state index is 14.5. The van der Waals surface area contributed by atoms with Gasteiger partial charge in [0.05, 0.1) is 12.2 Å². The smallest absolute Gasteiger partial charge is 0.317 e. The van der Waals surface area contributed by atoms with E-state index in [-0.39, 0.29) is 18.9 Å². The summed E-state index contributed by atoms with van der Waals surface area (Å²) in [6.07, 6.45) is 0.629. The summed E-state index contributed by atoms with van der Waals surface area (Å²) < 4.78 is 14.5. The highest BCUT2D eigenvalue weighted by Crippen LogP contribution is 2.25. The number of halogens is 1. The standard InChI is InChI=1S/C17H21FN4O4/c18-12-9-11(19-13-2-4-15(23)20-17(13)26)1-3-14(12)22-7-5-21(6-8-22)10-16(24)25/h1,3,9,13,19H,2,4-8,10H2,(H,24,25)(H,20,23,26). The minimum absolute atomic E-state index is 0.00879. The van der Waals surface area contributed by atoms with Crippen LogP contribution in [0.3, 0.4) is 0 Å². The van der Waals surface area contributed by atoms with Crippen LogP contribution in [0.4, 0.5) is 15.8 Å². The zero-order valence-corrected chi connectivity index (χ0v) is 14.2. The second-order valence-corrected chi connectivity index (χ2v) is 6.47. The molecule has 2 aliphatic rings. The number of carbonyl (C=O) groups is 3. The maximum atomic E-state index is 14.5. The van der Waals surface area contributed by atoms with Gasteiger partial charge in [-0.15, -0.1) is 0 Å². The summed E-state index contributed by atoms with van der Waals surface area (Å²) in [4.78, 5) is 37.4. The van der Waals surface area contributed by atoms with Crippen LogP contribution in [0.1, 0.15) is 12.8 Å². The molecule has 1 aromatic carbocycles. The third-order valence-corrected chi connectivity index (χ3v) is 4.60. The summed E-state index contributed by atoms with van der Waals surface area (Å²) in [7, 11) is 0. The summed E-state index contributed by atoms with van der Waals surface area (Å²) >= 11 is 0. The van der Waals surface area contributed by atoms with E-state index in [9.17, 15) is 18.8 Å². The van der Waals surface area contributed by atoms with Crippen molar-refractivity contribution in [3.8, 4) is 0 Å². The molecular formula is C17H21FN4O4. The normalized spacial score (nSPS) is 21.4. The van der Waals surface area contributed by atoms with Crippen molar-refractivity contribution in [3.05, 3.63) is 24.0 Å². The van der Waals surface area contributed by atoms with Gasteiger partial charge in [-0.25, -0.2) is 4.39 Å². The van der Waals surface area contributed by atoms with Crippen molar-refractivity contribution in [3.63, 3.8) is 0 Å². The van der Waals surface area contributed by atoms with E-state index in [4.69, 9.17) is 5.11 Å². The number of hydrogen-bond donors (Lipinski definition) is 3. The number of piperazine rings is 1. The Morgan fingerprint density at radius 2 is 2.00 bits per heavy atom. The number of hydrogen-bond acceptors (Lipinski definition) is 6. The van der Waals surface area contributed by atoms with Gasteiger partial charge in [0, 0.05) is 38.3 Å². The van der Waals surface area contributed by atoms with Crippen molar-refractivity contribution < 1.29 is 23.9 Å². The van der Waals surface area contributed by atoms with Gasteiger partial charge >= 0.3 is 5.97 Å². The molecule has 0 spiro atoms. The Bertz CT molecular complexity index is 719. The van der Waals surface area contributed by atoms with Crippen LogP contribution in [-0.4, -0.2) is 66.6 Å².